The lowest BCUT2D eigenvalue weighted by molar-refractivity contribution is -0.126. The average molecular weight is 453 g/mol. The van der Waals surface area contributed by atoms with E-state index in [-0.39, 0.29) is 29.1 Å². The van der Waals surface area contributed by atoms with Gasteiger partial charge in [-0.3, -0.25) is 9.69 Å². The van der Waals surface area contributed by atoms with Gasteiger partial charge in [0.05, 0.1) is 13.2 Å². The van der Waals surface area contributed by atoms with Gasteiger partial charge in [-0.1, -0.05) is 30.3 Å². The number of amides is 1. The highest BCUT2D eigenvalue weighted by Gasteiger charge is 2.37. The summed E-state index contributed by atoms with van der Waals surface area (Å²) in [5, 5.41) is 5.56. The van der Waals surface area contributed by atoms with Gasteiger partial charge in [0.15, 0.2) is 0 Å². The highest BCUT2D eigenvalue weighted by atomic mass is 32.2. The lowest BCUT2D eigenvalue weighted by Crippen LogP contribution is -2.45. The smallest absolute Gasteiger partial charge is 0.237 e. The van der Waals surface area contributed by atoms with E-state index < -0.39 is 0 Å². The molecule has 0 unspecified atom stereocenters. The number of fused-ring (bicyclic) bond motifs is 1. The molecule has 6 heteroatoms. The summed E-state index contributed by atoms with van der Waals surface area (Å²) in [5.74, 6) is 0.688. The van der Waals surface area contributed by atoms with Crippen LogP contribution in [0.15, 0.2) is 65.6 Å². The van der Waals surface area contributed by atoms with E-state index in [1.165, 1.54) is 17.7 Å². The van der Waals surface area contributed by atoms with E-state index in [1.54, 1.807) is 18.9 Å². The summed E-state index contributed by atoms with van der Waals surface area (Å²) in [6.45, 7) is 5.44. The minimum Gasteiger partial charge on any atom is -0.496 e. The number of nitrogens with zero attached hydrogens (tertiary/aromatic N) is 1. The zero-order valence-electron chi connectivity index (χ0n) is 18.7. The Labute approximate surface area is 193 Å². The minimum absolute atomic E-state index is 0.0695. The van der Waals surface area contributed by atoms with Gasteiger partial charge in [0.1, 0.15) is 11.6 Å². The number of halogens is 1. The molecule has 0 saturated carbocycles. The summed E-state index contributed by atoms with van der Waals surface area (Å²) < 4.78 is 18.8. The van der Waals surface area contributed by atoms with Crippen LogP contribution < -0.4 is 10.1 Å². The molecule has 0 bridgehead atoms. The highest BCUT2D eigenvalue weighted by Crippen LogP contribution is 2.35. The van der Waals surface area contributed by atoms with Crippen LogP contribution in [0.25, 0.3) is 10.8 Å². The Morgan fingerprint density at radius 2 is 1.84 bits per heavy atom. The van der Waals surface area contributed by atoms with Crippen molar-refractivity contribution in [3.63, 3.8) is 0 Å². The number of carbonyl (C=O) groups excluding carboxylic acids is 1. The number of carbonyl (C=O) groups is 1. The van der Waals surface area contributed by atoms with Crippen molar-refractivity contribution in [2.45, 2.75) is 49.0 Å². The maximum Gasteiger partial charge on any atom is 0.237 e. The first kappa shape index (κ1) is 22.6. The molecule has 3 aromatic carbocycles. The standard InChI is InChI=1S/C26H29FN2O2S/c1-17(2)28-26(30)24-14-21(32-20-11-9-19(27)10-12-20)16-29(24)15-18-8-13-25(31-3)23-7-5-4-6-22(18)23/h4-13,17,21,24H,14-16H2,1-3H3,(H,28,30)/t21-,24+/m1/s1. The van der Waals surface area contributed by atoms with Crippen molar-refractivity contribution in [1.82, 2.24) is 10.2 Å². The first-order valence-electron chi connectivity index (χ1n) is 11.0. The maximum atomic E-state index is 13.3. The van der Waals surface area contributed by atoms with Crippen molar-refractivity contribution in [2.75, 3.05) is 13.7 Å². The van der Waals surface area contributed by atoms with Gasteiger partial charge in [-0.15, -0.1) is 11.8 Å². The molecule has 1 aliphatic heterocycles. The number of benzene rings is 3. The Balaban J connectivity index is 1.59. The van der Waals surface area contributed by atoms with E-state index in [0.717, 1.165) is 34.4 Å². The zero-order chi connectivity index (χ0) is 22.7. The van der Waals surface area contributed by atoms with Crippen molar-refractivity contribution >= 4 is 28.4 Å². The third kappa shape index (κ3) is 5.08. The molecule has 1 heterocycles. The lowest BCUT2D eigenvalue weighted by Gasteiger charge is -2.25. The van der Waals surface area contributed by atoms with Crippen LogP contribution in [0, 0.1) is 5.82 Å². The molecule has 3 aromatic rings. The van der Waals surface area contributed by atoms with E-state index in [4.69, 9.17) is 4.74 Å². The van der Waals surface area contributed by atoms with Gasteiger partial charge in [0, 0.05) is 34.7 Å². The molecule has 0 aromatic heterocycles. The van der Waals surface area contributed by atoms with Crippen molar-refractivity contribution in [3.8, 4) is 5.75 Å². The van der Waals surface area contributed by atoms with Crippen LogP contribution >= 0.6 is 11.8 Å². The predicted octanol–water partition coefficient (Wildman–Crippen LogP) is 5.25. The first-order chi connectivity index (χ1) is 15.4. The molecule has 0 spiro atoms. The van der Waals surface area contributed by atoms with Crippen LogP contribution in [0.2, 0.25) is 0 Å². The van der Waals surface area contributed by atoms with Gasteiger partial charge in [0.2, 0.25) is 5.91 Å². The van der Waals surface area contributed by atoms with Gasteiger partial charge >= 0.3 is 0 Å². The molecule has 4 rings (SSSR count). The molecular weight excluding hydrogens is 423 g/mol. The molecule has 32 heavy (non-hydrogen) atoms. The fourth-order valence-electron chi connectivity index (χ4n) is 4.35. The number of methoxy groups -OCH3 is 1. The summed E-state index contributed by atoms with van der Waals surface area (Å²) in [4.78, 5) is 16.3. The number of ether oxygens (including phenoxy) is 1. The lowest BCUT2D eigenvalue weighted by atomic mass is 10.0. The third-order valence-corrected chi connectivity index (χ3v) is 7.00. The Morgan fingerprint density at radius 1 is 1.12 bits per heavy atom. The summed E-state index contributed by atoms with van der Waals surface area (Å²) in [5.41, 5.74) is 1.18. The molecule has 2 atom stereocenters. The molecule has 0 aliphatic carbocycles. The number of rotatable bonds is 7. The molecule has 1 aliphatic rings. The van der Waals surface area contributed by atoms with E-state index >= 15 is 0 Å². The second kappa shape index (κ2) is 9.92. The van der Waals surface area contributed by atoms with Gasteiger partial charge in [-0.2, -0.15) is 0 Å². The van der Waals surface area contributed by atoms with Crippen molar-refractivity contribution < 1.29 is 13.9 Å². The van der Waals surface area contributed by atoms with Gasteiger partial charge < -0.3 is 10.1 Å². The van der Waals surface area contributed by atoms with E-state index in [9.17, 15) is 9.18 Å². The van der Waals surface area contributed by atoms with Crippen LogP contribution in [0.4, 0.5) is 4.39 Å². The van der Waals surface area contributed by atoms with Crippen LogP contribution in [-0.4, -0.2) is 41.8 Å². The summed E-state index contributed by atoms with van der Waals surface area (Å²) >= 11 is 1.72. The SMILES string of the molecule is COc1ccc(CN2C[C@H](Sc3ccc(F)cc3)C[C@H]2C(=O)NC(C)C)c2ccccc12. The average Bonchev–Trinajstić information content (AvgIpc) is 3.17. The molecule has 1 fully saturated rings. The van der Waals surface area contributed by atoms with Crippen LogP contribution in [0.1, 0.15) is 25.8 Å². The quantitative estimate of drug-likeness (QED) is 0.532. The van der Waals surface area contributed by atoms with Crippen molar-refractivity contribution in [1.29, 1.82) is 0 Å². The third-order valence-electron chi connectivity index (χ3n) is 5.78. The Kier molecular flexibility index (Phi) is 7.01. The Hall–Kier alpha value is -2.57. The molecule has 1 saturated heterocycles. The number of hydrogen-bond acceptors (Lipinski definition) is 4. The number of thioether (sulfide) groups is 1. The largest absolute Gasteiger partial charge is 0.496 e. The first-order valence-corrected chi connectivity index (χ1v) is 11.8. The summed E-state index contributed by atoms with van der Waals surface area (Å²) in [6.07, 6.45) is 0.759. The monoisotopic (exact) mass is 452 g/mol. The molecule has 1 amide bonds. The van der Waals surface area contributed by atoms with Crippen molar-refractivity contribution in [2.24, 2.45) is 0 Å². The second-order valence-electron chi connectivity index (χ2n) is 8.51. The van der Waals surface area contributed by atoms with Crippen LogP contribution in [0.3, 0.4) is 0 Å². The van der Waals surface area contributed by atoms with Crippen LogP contribution in [-0.2, 0) is 11.3 Å². The van der Waals surface area contributed by atoms with E-state index in [1.807, 2.05) is 44.2 Å². The normalized spacial score (nSPS) is 18.9. The van der Waals surface area contributed by atoms with Gasteiger partial charge in [-0.25, -0.2) is 4.39 Å². The molecular formula is C26H29FN2O2S. The van der Waals surface area contributed by atoms with Crippen molar-refractivity contribution in [3.05, 3.63) is 72.0 Å². The Morgan fingerprint density at radius 3 is 2.53 bits per heavy atom. The summed E-state index contributed by atoms with van der Waals surface area (Å²) in [7, 11) is 1.69. The molecule has 1 N–H and O–H groups in total. The molecule has 0 radical (unpaired) electrons. The minimum atomic E-state index is -0.233. The highest BCUT2D eigenvalue weighted by molar-refractivity contribution is 8.00. The topological polar surface area (TPSA) is 41.6 Å². The second-order valence-corrected chi connectivity index (χ2v) is 9.88. The maximum absolute atomic E-state index is 13.3. The number of hydrogen-bond donors (Lipinski definition) is 1. The predicted molar refractivity (Wildman–Crippen MR) is 129 cm³/mol. The van der Waals surface area contributed by atoms with Gasteiger partial charge in [-0.05, 0) is 61.5 Å². The fraction of sp³-hybridized carbons (Fsp3) is 0.346. The number of nitrogens with one attached hydrogen (secondary N) is 1. The number of likely N-dealkylation sites (tertiary alicyclic amines) is 1. The zero-order valence-corrected chi connectivity index (χ0v) is 19.5. The Bertz CT molecular complexity index is 1090. The summed E-state index contributed by atoms with van der Waals surface area (Å²) in [6, 6.07) is 18.8. The molecule has 4 nitrogen and oxygen atoms in total. The fourth-order valence-corrected chi connectivity index (χ4v) is 5.57. The van der Waals surface area contributed by atoms with Crippen LogP contribution in [0.5, 0.6) is 5.75 Å². The van der Waals surface area contributed by atoms with E-state index in [2.05, 4.69) is 28.4 Å². The molecule has 168 valence electrons. The van der Waals surface area contributed by atoms with E-state index in [0.29, 0.717) is 6.54 Å². The van der Waals surface area contributed by atoms with Gasteiger partial charge in [0.25, 0.3) is 0 Å².